The van der Waals surface area contributed by atoms with E-state index in [9.17, 15) is 0 Å². The molecule has 8 bridgehead atoms. The molecule has 2 N–H and O–H groups in total. The number of allylic oxidation sites excluding steroid dienone is 2. The summed E-state index contributed by atoms with van der Waals surface area (Å²) in [4.78, 5) is 15.8. The van der Waals surface area contributed by atoms with E-state index in [0.717, 1.165) is 40.2 Å². The average Bonchev–Trinajstić information content (AvgIpc) is 3.28. The van der Waals surface area contributed by atoms with Crippen LogP contribution in [0.2, 0.25) is 0 Å². The van der Waals surface area contributed by atoms with Gasteiger partial charge in [0.25, 0.3) is 0 Å². The predicted molar refractivity (Wildman–Crippen MR) is 90.3 cm³/mol. The van der Waals surface area contributed by atoms with Gasteiger partial charge in [-0.25, -0.2) is 4.99 Å². The zero-order valence-corrected chi connectivity index (χ0v) is 12.4. The fourth-order valence-corrected chi connectivity index (χ4v) is 2.97. The van der Waals surface area contributed by atoms with E-state index in [0.29, 0.717) is 0 Å². The summed E-state index contributed by atoms with van der Waals surface area (Å²) in [5, 5.41) is 2.15. The molecule has 0 aliphatic carbocycles. The van der Waals surface area contributed by atoms with Crippen LogP contribution in [0.5, 0.6) is 0 Å². The maximum absolute atomic E-state index is 4.69. The van der Waals surface area contributed by atoms with E-state index < -0.39 is 0 Å². The van der Waals surface area contributed by atoms with Crippen LogP contribution in [0.15, 0.2) is 65.7 Å². The Hall–Kier alpha value is -3.21. The first-order valence-electron chi connectivity index (χ1n) is 7.58. The third-order valence-corrected chi connectivity index (χ3v) is 4.07. The highest BCUT2D eigenvalue weighted by Gasteiger charge is 2.12. The lowest BCUT2D eigenvalue weighted by atomic mass is 10.3. The fourth-order valence-electron chi connectivity index (χ4n) is 2.97. The smallest absolute Gasteiger partial charge is 0.0979 e. The van der Waals surface area contributed by atoms with Gasteiger partial charge < -0.3 is 19.8 Å². The minimum absolute atomic E-state index is 0.784. The van der Waals surface area contributed by atoms with Crippen molar-refractivity contribution in [1.82, 2.24) is 19.8 Å². The van der Waals surface area contributed by atoms with E-state index in [1.54, 1.807) is 0 Å². The van der Waals surface area contributed by atoms with Crippen molar-refractivity contribution in [2.75, 3.05) is 6.67 Å². The van der Waals surface area contributed by atoms with E-state index in [1.807, 2.05) is 12.2 Å². The number of nitrogens with one attached hydrogen (secondary N) is 2. The lowest BCUT2D eigenvalue weighted by Gasteiger charge is -2.14. The van der Waals surface area contributed by atoms with Crippen molar-refractivity contribution in [3.8, 4) is 0 Å². The maximum atomic E-state index is 4.69. The van der Waals surface area contributed by atoms with Crippen LogP contribution in [0.1, 0.15) is 11.4 Å². The van der Waals surface area contributed by atoms with Gasteiger partial charge in [-0.3, -0.25) is 0 Å². The van der Waals surface area contributed by atoms with Gasteiger partial charge in [-0.1, -0.05) is 0 Å². The van der Waals surface area contributed by atoms with Crippen LogP contribution in [-0.2, 0) is 0 Å². The quantitative estimate of drug-likeness (QED) is 0.767. The van der Waals surface area contributed by atoms with Crippen molar-refractivity contribution in [2.24, 2.45) is 4.99 Å². The van der Waals surface area contributed by atoms with Gasteiger partial charge in [0.2, 0.25) is 0 Å². The van der Waals surface area contributed by atoms with Crippen molar-refractivity contribution in [3.63, 3.8) is 0 Å². The van der Waals surface area contributed by atoms with Crippen LogP contribution in [0, 0.1) is 0 Å². The second kappa shape index (κ2) is 4.64. The molecule has 2 aromatic heterocycles. The number of aromatic nitrogens is 2. The van der Waals surface area contributed by atoms with Gasteiger partial charge in [-0.15, -0.1) is 0 Å². The Morgan fingerprint density at radius 3 is 2.70 bits per heavy atom. The molecule has 0 unspecified atom stereocenters. The van der Waals surface area contributed by atoms with Gasteiger partial charge in [-0.2, -0.15) is 0 Å². The Bertz CT molecular complexity index is 1010. The minimum Gasteiger partial charge on any atom is -0.354 e. The molecule has 5 nitrogen and oxygen atoms in total. The number of aromatic amines is 2. The number of aliphatic imine (C=N–C) groups is 1. The van der Waals surface area contributed by atoms with Crippen LogP contribution in [0.25, 0.3) is 12.3 Å². The molecule has 5 rings (SSSR count). The molecule has 112 valence electrons. The van der Waals surface area contributed by atoms with Crippen molar-refractivity contribution in [3.05, 3.63) is 82.8 Å². The number of H-pyrrole nitrogens is 2. The molecule has 5 heterocycles. The summed E-state index contributed by atoms with van der Waals surface area (Å²) in [6.07, 6.45) is 14.5. The molecular formula is C18H15N5. The fraction of sp³-hybridized carbons (Fsp3) is 0.0556. The van der Waals surface area contributed by atoms with Crippen LogP contribution in [0.4, 0.5) is 0 Å². The summed E-state index contributed by atoms with van der Waals surface area (Å²) in [5.74, 6) is 0. The Morgan fingerprint density at radius 2 is 1.74 bits per heavy atom. The van der Waals surface area contributed by atoms with Crippen molar-refractivity contribution < 1.29 is 0 Å². The van der Waals surface area contributed by atoms with Gasteiger partial charge in [-0.05, 0) is 42.5 Å². The summed E-state index contributed by atoms with van der Waals surface area (Å²) in [6, 6.07) is 8.31. The Morgan fingerprint density at radius 1 is 0.870 bits per heavy atom. The number of rotatable bonds is 0. The molecule has 0 amide bonds. The number of hydrogen-bond donors (Lipinski definition) is 2. The molecule has 23 heavy (non-hydrogen) atoms. The highest BCUT2D eigenvalue weighted by Crippen LogP contribution is 2.17. The van der Waals surface area contributed by atoms with E-state index in [2.05, 4.69) is 79.9 Å². The Labute approximate surface area is 133 Å². The van der Waals surface area contributed by atoms with Crippen molar-refractivity contribution in [1.29, 1.82) is 0 Å². The molecule has 0 aromatic carbocycles. The van der Waals surface area contributed by atoms with Crippen LogP contribution in [0.3, 0.4) is 0 Å². The summed E-state index contributed by atoms with van der Waals surface area (Å²) < 4.78 is 0. The van der Waals surface area contributed by atoms with E-state index in [4.69, 9.17) is 0 Å². The average molecular weight is 301 g/mol. The van der Waals surface area contributed by atoms with Gasteiger partial charge in [0.05, 0.1) is 29.1 Å². The van der Waals surface area contributed by atoms with Crippen molar-refractivity contribution in [2.45, 2.75) is 0 Å². The van der Waals surface area contributed by atoms with E-state index in [1.165, 1.54) is 0 Å². The lowest BCUT2D eigenvalue weighted by molar-refractivity contribution is 0.411. The standard InChI is InChI=1S/C18H15N5/c1-2-15-10-22-7-8-23(12-22)11-16-4-6-18(21-16)17-5-3-14(20-17)9-13(1)19-15/h1-11,19-20H,12H2/b13-9-,15-10?,16-11-. The van der Waals surface area contributed by atoms with Crippen molar-refractivity contribution >= 4 is 18.0 Å². The van der Waals surface area contributed by atoms with Crippen LogP contribution < -0.4 is 10.7 Å². The summed E-state index contributed by atoms with van der Waals surface area (Å²) >= 11 is 0. The molecule has 0 saturated carbocycles. The summed E-state index contributed by atoms with van der Waals surface area (Å²) in [6.45, 7) is 0.784. The molecule has 0 radical (unpaired) electrons. The molecule has 3 aliphatic rings. The van der Waals surface area contributed by atoms with Gasteiger partial charge >= 0.3 is 0 Å². The molecule has 0 atom stereocenters. The van der Waals surface area contributed by atoms with Crippen LogP contribution >= 0.6 is 0 Å². The highest BCUT2D eigenvalue weighted by atomic mass is 15.3. The summed E-state index contributed by atoms with van der Waals surface area (Å²) in [5.41, 5.74) is 4.01. The minimum atomic E-state index is 0.784. The molecule has 2 aromatic rings. The molecule has 3 aliphatic heterocycles. The van der Waals surface area contributed by atoms with Crippen LogP contribution in [-0.4, -0.2) is 32.1 Å². The van der Waals surface area contributed by atoms with Gasteiger partial charge in [0.15, 0.2) is 0 Å². The molecule has 0 fully saturated rings. The van der Waals surface area contributed by atoms with Gasteiger partial charge in [0.1, 0.15) is 0 Å². The summed E-state index contributed by atoms with van der Waals surface area (Å²) in [7, 11) is 0. The number of nitrogens with zero attached hydrogens (tertiary/aromatic N) is 3. The number of fused-ring (bicyclic) bond motifs is 8. The molecule has 5 heteroatoms. The zero-order chi connectivity index (χ0) is 15.2. The Balaban J connectivity index is 1.69. The first-order valence-corrected chi connectivity index (χ1v) is 7.58. The first-order chi connectivity index (χ1) is 11.3. The number of hydrogen-bond acceptors (Lipinski definition) is 3. The first kappa shape index (κ1) is 12.3. The maximum Gasteiger partial charge on any atom is 0.0979 e. The largest absolute Gasteiger partial charge is 0.354 e. The monoisotopic (exact) mass is 301 g/mol. The third-order valence-electron chi connectivity index (χ3n) is 4.07. The predicted octanol–water partition coefficient (Wildman–Crippen LogP) is 1.17. The zero-order valence-electron chi connectivity index (χ0n) is 12.4. The van der Waals surface area contributed by atoms with E-state index in [-0.39, 0.29) is 0 Å². The topological polar surface area (TPSA) is 50.4 Å². The molecule has 0 saturated heterocycles. The normalized spacial score (nSPS) is 21.8. The van der Waals surface area contributed by atoms with Gasteiger partial charge in [0, 0.05) is 35.8 Å². The SMILES string of the molecule is C1=C/C2=C/N3C=CN(C=c4cc/c([nH]4)=C/c4ccc([nH]4)C1=N2)C3. The molecule has 0 spiro atoms. The molecular weight excluding hydrogens is 286 g/mol. The second-order valence-corrected chi connectivity index (χ2v) is 5.82. The second-order valence-electron chi connectivity index (χ2n) is 5.82. The van der Waals surface area contributed by atoms with E-state index >= 15 is 0 Å². The third kappa shape index (κ3) is 2.23. The lowest BCUT2D eigenvalue weighted by Crippen LogP contribution is -2.21. The Kier molecular flexibility index (Phi) is 2.49. The highest BCUT2D eigenvalue weighted by molar-refractivity contribution is 6.10.